The van der Waals surface area contributed by atoms with E-state index in [4.69, 9.17) is 11.6 Å². The number of hydrogen-bond acceptors (Lipinski definition) is 4. The minimum Gasteiger partial charge on any atom is -0.352 e. The van der Waals surface area contributed by atoms with Crippen molar-refractivity contribution in [1.29, 1.82) is 0 Å². The molecule has 10 heteroatoms. The average molecular weight is 560 g/mol. The molecule has 0 saturated carbocycles. The first-order valence-corrected chi connectivity index (χ1v) is 13.9. The Morgan fingerprint density at radius 1 is 0.974 bits per heavy atom. The SMILES string of the molecule is Cc1cccc(CN(C(=O)CN(c2ccc(F)c(Cl)c2)S(=O)(=O)c2ccccc2)C(C)C(=O)NC(C)C)c1. The van der Waals surface area contributed by atoms with Gasteiger partial charge in [0.25, 0.3) is 10.0 Å². The van der Waals surface area contributed by atoms with Crippen LogP contribution in [0.1, 0.15) is 31.9 Å². The molecule has 0 bridgehead atoms. The van der Waals surface area contributed by atoms with Crippen LogP contribution in [0.15, 0.2) is 77.7 Å². The van der Waals surface area contributed by atoms with Crippen molar-refractivity contribution in [2.75, 3.05) is 10.8 Å². The molecule has 0 heterocycles. The predicted octanol–water partition coefficient (Wildman–Crippen LogP) is 4.92. The molecule has 0 spiro atoms. The Morgan fingerprint density at radius 3 is 2.26 bits per heavy atom. The molecule has 7 nitrogen and oxygen atoms in total. The molecule has 0 saturated heterocycles. The van der Waals surface area contributed by atoms with Crippen LogP contribution in [0.4, 0.5) is 10.1 Å². The molecule has 202 valence electrons. The quantitative estimate of drug-likeness (QED) is 0.382. The normalized spacial score (nSPS) is 12.2. The van der Waals surface area contributed by atoms with Crippen LogP contribution in [-0.2, 0) is 26.2 Å². The molecular weight excluding hydrogens is 529 g/mol. The Hall–Kier alpha value is -3.43. The summed E-state index contributed by atoms with van der Waals surface area (Å²) in [5, 5.41) is 2.52. The summed E-state index contributed by atoms with van der Waals surface area (Å²) in [5.41, 5.74) is 1.77. The van der Waals surface area contributed by atoms with Gasteiger partial charge in [0.2, 0.25) is 11.8 Å². The molecule has 1 unspecified atom stereocenters. The van der Waals surface area contributed by atoms with E-state index in [1.807, 2.05) is 45.0 Å². The lowest BCUT2D eigenvalue weighted by Crippen LogP contribution is -2.52. The summed E-state index contributed by atoms with van der Waals surface area (Å²) in [6.45, 7) is 6.57. The second-order valence-electron chi connectivity index (χ2n) is 9.27. The second-order valence-corrected chi connectivity index (χ2v) is 11.5. The second kappa shape index (κ2) is 12.4. The maximum absolute atomic E-state index is 13.9. The van der Waals surface area contributed by atoms with E-state index in [0.717, 1.165) is 27.6 Å². The Balaban J connectivity index is 2.05. The summed E-state index contributed by atoms with van der Waals surface area (Å²) in [4.78, 5) is 28.0. The molecule has 0 radical (unpaired) electrons. The lowest BCUT2D eigenvalue weighted by atomic mass is 10.1. The van der Waals surface area contributed by atoms with E-state index in [2.05, 4.69) is 5.32 Å². The average Bonchev–Trinajstić information content (AvgIpc) is 2.87. The number of sulfonamides is 1. The maximum atomic E-state index is 13.9. The highest BCUT2D eigenvalue weighted by molar-refractivity contribution is 7.92. The lowest BCUT2D eigenvalue weighted by Gasteiger charge is -2.32. The summed E-state index contributed by atoms with van der Waals surface area (Å²) in [6, 6.07) is 17.5. The van der Waals surface area contributed by atoms with Crippen molar-refractivity contribution < 1.29 is 22.4 Å². The van der Waals surface area contributed by atoms with Crippen molar-refractivity contribution in [2.45, 2.75) is 51.2 Å². The number of rotatable bonds is 10. The number of amides is 2. The number of carbonyl (C=O) groups is 2. The van der Waals surface area contributed by atoms with Gasteiger partial charge in [0.05, 0.1) is 15.6 Å². The van der Waals surface area contributed by atoms with Gasteiger partial charge in [-0.05, 0) is 63.6 Å². The van der Waals surface area contributed by atoms with Crippen LogP contribution in [0.25, 0.3) is 0 Å². The monoisotopic (exact) mass is 559 g/mol. The first-order valence-electron chi connectivity index (χ1n) is 12.1. The van der Waals surface area contributed by atoms with Crippen LogP contribution >= 0.6 is 11.6 Å². The van der Waals surface area contributed by atoms with E-state index in [9.17, 15) is 22.4 Å². The number of hydrogen-bond donors (Lipinski definition) is 1. The molecule has 1 N–H and O–H groups in total. The minimum absolute atomic E-state index is 0.0170. The lowest BCUT2D eigenvalue weighted by molar-refractivity contribution is -0.139. The van der Waals surface area contributed by atoms with Crippen LogP contribution in [0.5, 0.6) is 0 Å². The van der Waals surface area contributed by atoms with Gasteiger partial charge in [-0.15, -0.1) is 0 Å². The zero-order chi connectivity index (χ0) is 28.0. The fourth-order valence-electron chi connectivity index (χ4n) is 3.88. The third-order valence-electron chi connectivity index (χ3n) is 5.83. The molecule has 0 aromatic heterocycles. The highest BCUT2D eigenvalue weighted by Crippen LogP contribution is 2.28. The Bertz CT molecular complexity index is 1400. The van der Waals surface area contributed by atoms with Crippen LogP contribution in [-0.4, -0.2) is 43.8 Å². The van der Waals surface area contributed by atoms with E-state index in [1.54, 1.807) is 25.1 Å². The summed E-state index contributed by atoms with van der Waals surface area (Å²) >= 11 is 5.97. The van der Waals surface area contributed by atoms with E-state index in [1.165, 1.54) is 23.1 Å². The number of anilines is 1. The van der Waals surface area contributed by atoms with Gasteiger partial charge in [0.15, 0.2) is 0 Å². The topological polar surface area (TPSA) is 86.8 Å². The molecule has 0 aliphatic carbocycles. The van der Waals surface area contributed by atoms with Crippen molar-refractivity contribution in [3.05, 3.63) is 94.8 Å². The fourth-order valence-corrected chi connectivity index (χ4v) is 5.49. The Morgan fingerprint density at radius 2 is 1.66 bits per heavy atom. The summed E-state index contributed by atoms with van der Waals surface area (Å²) < 4.78 is 42.2. The Labute approximate surface area is 228 Å². The standard InChI is InChI=1S/C28H31ClFN3O4S/c1-19(2)31-28(35)21(4)32(17-22-10-8-9-20(3)15-22)27(34)18-33(23-13-14-26(30)25(29)16-23)38(36,37)24-11-6-5-7-12-24/h5-16,19,21H,17-18H2,1-4H3,(H,31,35). The molecule has 0 aliphatic heterocycles. The number of halogens is 2. The molecule has 3 aromatic carbocycles. The number of benzene rings is 3. The van der Waals surface area contributed by atoms with Gasteiger partial charge in [-0.1, -0.05) is 59.6 Å². The molecule has 38 heavy (non-hydrogen) atoms. The van der Waals surface area contributed by atoms with E-state index in [0.29, 0.717) is 0 Å². The van der Waals surface area contributed by atoms with Crippen LogP contribution in [0, 0.1) is 12.7 Å². The van der Waals surface area contributed by atoms with E-state index >= 15 is 0 Å². The summed E-state index contributed by atoms with van der Waals surface area (Å²) in [5.74, 6) is -1.71. The predicted molar refractivity (Wildman–Crippen MR) is 147 cm³/mol. The largest absolute Gasteiger partial charge is 0.352 e. The third-order valence-corrected chi connectivity index (χ3v) is 7.91. The third kappa shape index (κ3) is 7.11. The first-order chi connectivity index (χ1) is 17.9. The number of nitrogens with one attached hydrogen (secondary N) is 1. The van der Waals surface area contributed by atoms with Crippen molar-refractivity contribution in [2.24, 2.45) is 0 Å². The molecule has 3 rings (SSSR count). The molecular formula is C28H31ClFN3O4S. The van der Waals surface area contributed by atoms with Crippen LogP contribution in [0.3, 0.4) is 0 Å². The van der Waals surface area contributed by atoms with Gasteiger partial charge in [-0.25, -0.2) is 12.8 Å². The Kier molecular flexibility index (Phi) is 9.51. The molecule has 1 atom stereocenters. The number of carbonyl (C=O) groups excluding carboxylic acids is 2. The van der Waals surface area contributed by atoms with Gasteiger partial charge in [0, 0.05) is 12.6 Å². The van der Waals surface area contributed by atoms with Crippen LogP contribution < -0.4 is 9.62 Å². The van der Waals surface area contributed by atoms with Crippen molar-refractivity contribution in [3.63, 3.8) is 0 Å². The van der Waals surface area contributed by atoms with Gasteiger partial charge in [-0.3, -0.25) is 13.9 Å². The maximum Gasteiger partial charge on any atom is 0.264 e. The minimum atomic E-state index is -4.25. The fraction of sp³-hybridized carbons (Fsp3) is 0.286. The zero-order valence-corrected chi connectivity index (χ0v) is 23.3. The van der Waals surface area contributed by atoms with Crippen molar-refractivity contribution in [1.82, 2.24) is 10.2 Å². The van der Waals surface area contributed by atoms with Crippen molar-refractivity contribution in [3.8, 4) is 0 Å². The number of nitrogens with zero attached hydrogens (tertiary/aromatic N) is 2. The van der Waals surface area contributed by atoms with Gasteiger partial charge < -0.3 is 10.2 Å². The van der Waals surface area contributed by atoms with E-state index in [-0.39, 0.29) is 34.1 Å². The van der Waals surface area contributed by atoms with Gasteiger partial charge >= 0.3 is 0 Å². The van der Waals surface area contributed by atoms with Gasteiger partial charge in [0.1, 0.15) is 18.4 Å². The van der Waals surface area contributed by atoms with Gasteiger partial charge in [-0.2, -0.15) is 0 Å². The van der Waals surface area contributed by atoms with Crippen molar-refractivity contribution >= 4 is 39.1 Å². The summed E-state index contributed by atoms with van der Waals surface area (Å²) in [6.07, 6.45) is 0. The molecule has 2 amide bonds. The smallest absolute Gasteiger partial charge is 0.264 e. The number of aryl methyl sites for hydroxylation is 1. The highest BCUT2D eigenvalue weighted by atomic mass is 35.5. The molecule has 3 aromatic rings. The van der Waals surface area contributed by atoms with E-state index < -0.39 is 34.3 Å². The summed E-state index contributed by atoms with van der Waals surface area (Å²) in [7, 11) is -4.25. The first kappa shape index (κ1) is 29.1. The highest BCUT2D eigenvalue weighted by Gasteiger charge is 2.33. The molecule has 0 fully saturated rings. The molecule has 0 aliphatic rings. The van der Waals surface area contributed by atoms with Crippen LogP contribution in [0.2, 0.25) is 5.02 Å². The zero-order valence-electron chi connectivity index (χ0n) is 21.7.